The van der Waals surface area contributed by atoms with E-state index in [0.29, 0.717) is 30.3 Å². The Hall–Kier alpha value is -1.26. The molecule has 1 unspecified atom stereocenters. The van der Waals surface area contributed by atoms with Gasteiger partial charge < -0.3 is 14.8 Å². The smallest absolute Gasteiger partial charge is 0.347 e. The highest BCUT2D eigenvalue weighted by molar-refractivity contribution is 6.31. The first kappa shape index (κ1) is 16.8. The maximum absolute atomic E-state index is 11.9. The summed E-state index contributed by atoms with van der Waals surface area (Å²) in [6.45, 7) is 4.72. The van der Waals surface area contributed by atoms with E-state index in [1.165, 1.54) is 0 Å². The van der Waals surface area contributed by atoms with Crippen molar-refractivity contribution in [2.45, 2.75) is 39.3 Å². The molecule has 4 nitrogen and oxygen atoms in total. The van der Waals surface area contributed by atoms with E-state index in [2.05, 4.69) is 5.32 Å². The van der Waals surface area contributed by atoms with E-state index in [4.69, 9.17) is 21.1 Å². The van der Waals surface area contributed by atoms with Crippen molar-refractivity contribution in [2.24, 2.45) is 0 Å². The molecule has 0 aliphatic carbocycles. The van der Waals surface area contributed by atoms with Crippen LogP contribution in [0.3, 0.4) is 0 Å². The van der Waals surface area contributed by atoms with E-state index >= 15 is 0 Å². The van der Waals surface area contributed by atoms with Crippen molar-refractivity contribution in [1.82, 2.24) is 5.32 Å². The second kappa shape index (κ2) is 8.82. The van der Waals surface area contributed by atoms with E-state index in [1.54, 1.807) is 13.0 Å². The van der Waals surface area contributed by atoms with Gasteiger partial charge in [-0.15, -0.1) is 0 Å². The lowest BCUT2D eigenvalue weighted by Crippen LogP contribution is -2.30. The number of hydrogen-bond acceptors (Lipinski definition) is 4. The lowest BCUT2D eigenvalue weighted by molar-refractivity contribution is -0.151. The summed E-state index contributed by atoms with van der Waals surface area (Å²) in [6.07, 6.45) is 0.865. The maximum Gasteiger partial charge on any atom is 0.347 e. The third-order valence-electron chi connectivity index (χ3n) is 2.80. The Kier molecular flexibility index (Phi) is 7.41. The maximum atomic E-state index is 11.9. The van der Waals surface area contributed by atoms with Crippen LogP contribution in [-0.2, 0) is 16.1 Å². The molecule has 0 spiro atoms. The molecule has 5 heteroatoms. The Morgan fingerprint density at radius 2 is 2.15 bits per heavy atom. The molecular weight excluding hydrogens is 278 g/mol. The molecule has 1 aromatic carbocycles. The van der Waals surface area contributed by atoms with Gasteiger partial charge in [-0.25, -0.2) is 4.79 Å². The van der Waals surface area contributed by atoms with Crippen LogP contribution in [0.4, 0.5) is 0 Å². The Morgan fingerprint density at radius 3 is 2.75 bits per heavy atom. The minimum absolute atomic E-state index is 0.329. The van der Waals surface area contributed by atoms with Crippen LogP contribution in [0.5, 0.6) is 5.75 Å². The predicted octanol–water partition coefficient (Wildman–Crippen LogP) is 3.17. The van der Waals surface area contributed by atoms with Crippen LogP contribution in [0, 0.1) is 0 Å². The van der Waals surface area contributed by atoms with Gasteiger partial charge in [-0.05, 0) is 32.5 Å². The van der Waals surface area contributed by atoms with E-state index in [-0.39, 0.29) is 5.97 Å². The molecule has 0 saturated heterocycles. The summed E-state index contributed by atoms with van der Waals surface area (Å²) >= 11 is 6.17. The number of halogens is 1. The number of carbonyl (C=O) groups excluding carboxylic acids is 1. The van der Waals surface area contributed by atoms with Gasteiger partial charge in [-0.1, -0.05) is 31.0 Å². The van der Waals surface area contributed by atoms with Crippen LogP contribution < -0.4 is 10.1 Å². The highest BCUT2D eigenvalue weighted by Gasteiger charge is 2.22. The van der Waals surface area contributed by atoms with Crippen LogP contribution in [0.1, 0.15) is 32.3 Å². The average molecular weight is 300 g/mol. The summed E-state index contributed by atoms with van der Waals surface area (Å²) in [7, 11) is 1.84. The average Bonchev–Trinajstić information content (AvgIpc) is 2.42. The molecule has 0 saturated carbocycles. The molecule has 0 aliphatic rings. The first-order valence-electron chi connectivity index (χ1n) is 6.89. The molecule has 0 aliphatic heterocycles. The molecular formula is C15H22ClNO3. The van der Waals surface area contributed by atoms with Crippen molar-refractivity contribution in [3.8, 4) is 5.75 Å². The van der Waals surface area contributed by atoms with Gasteiger partial charge >= 0.3 is 5.97 Å². The Morgan fingerprint density at radius 1 is 1.40 bits per heavy atom. The molecule has 0 radical (unpaired) electrons. The Labute approximate surface area is 125 Å². The van der Waals surface area contributed by atoms with Gasteiger partial charge in [0.15, 0.2) is 6.10 Å². The second-order valence-corrected chi connectivity index (χ2v) is 4.80. The highest BCUT2D eigenvalue weighted by Crippen LogP contribution is 2.28. The number of nitrogens with one attached hydrogen (secondary N) is 1. The Balaban J connectivity index is 2.92. The van der Waals surface area contributed by atoms with Gasteiger partial charge in [-0.3, -0.25) is 0 Å². The SMILES string of the molecule is CCCC(Oc1cccc(Cl)c1CNC)C(=O)OCC. The zero-order valence-corrected chi connectivity index (χ0v) is 13.0. The fraction of sp³-hybridized carbons (Fsp3) is 0.533. The monoisotopic (exact) mass is 299 g/mol. The van der Waals surface area contributed by atoms with Crippen LogP contribution >= 0.6 is 11.6 Å². The van der Waals surface area contributed by atoms with Crippen molar-refractivity contribution < 1.29 is 14.3 Å². The van der Waals surface area contributed by atoms with Crippen LogP contribution in [-0.4, -0.2) is 25.7 Å². The van der Waals surface area contributed by atoms with E-state index in [0.717, 1.165) is 12.0 Å². The number of ether oxygens (including phenoxy) is 2. The van der Waals surface area contributed by atoms with Crippen molar-refractivity contribution in [3.63, 3.8) is 0 Å². The van der Waals surface area contributed by atoms with Gasteiger partial charge in [0.05, 0.1) is 6.61 Å². The standard InChI is InChI=1S/C15H22ClNO3/c1-4-7-14(15(18)19-5-2)20-13-9-6-8-12(16)11(13)10-17-3/h6,8-9,14,17H,4-5,7,10H2,1-3H3. The van der Waals surface area contributed by atoms with Crippen molar-refractivity contribution in [1.29, 1.82) is 0 Å². The fourth-order valence-electron chi connectivity index (χ4n) is 1.87. The largest absolute Gasteiger partial charge is 0.478 e. The summed E-state index contributed by atoms with van der Waals surface area (Å²) in [5.41, 5.74) is 0.849. The van der Waals surface area contributed by atoms with Crippen LogP contribution in [0.25, 0.3) is 0 Å². The number of esters is 1. The summed E-state index contributed by atoms with van der Waals surface area (Å²) in [5.74, 6) is 0.295. The van der Waals surface area contributed by atoms with E-state index in [1.807, 2.05) is 26.1 Å². The van der Waals surface area contributed by atoms with E-state index < -0.39 is 6.10 Å². The summed E-state index contributed by atoms with van der Waals surface area (Å²) in [5, 5.41) is 3.67. The number of rotatable bonds is 8. The second-order valence-electron chi connectivity index (χ2n) is 4.39. The normalized spacial score (nSPS) is 12.0. The first-order chi connectivity index (χ1) is 9.63. The number of carbonyl (C=O) groups is 1. The van der Waals surface area contributed by atoms with Crippen LogP contribution in [0.2, 0.25) is 5.02 Å². The van der Waals surface area contributed by atoms with Gasteiger partial charge in [0.1, 0.15) is 5.75 Å². The minimum atomic E-state index is -0.589. The third kappa shape index (κ3) is 4.69. The minimum Gasteiger partial charge on any atom is -0.478 e. The molecule has 0 aromatic heterocycles. The highest BCUT2D eigenvalue weighted by atomic mass is 35.5. The number of hydrogen-bond donors (Lipinski definition) is 1. The quantitative estimate of drug-likeness (QED) is 0.749. The zero-order valence-electron chi connectivity index (χ0n) is 12.2. The lowest BCUT2D eigenvalue weighted by Gasteiger charge is -2.19. The molecule has 1 aromatic rings. The van der Waals surface area contributed by atoms with Crippen molar-refractivity contribution in [2.75, 3.05) is 13.7 Å². The molecule has 0 amide bonds. The molecule has 112 valence electrons. The third-order valence-corrected chi connectivity index (χ3v) is 3.15. The van der Waals surface area contributed by atoms with Gasteiger partial charge in [0, 0.05) is 17.1 Å². The number of benzene rings is 1. The van der Waals surface area contributed by atoms with Crippen LogP contribution in [0.15, 0.2) is 18.2 Å². The van der Waals surface area contributed by atoms with Crippen molar-refractivity contribution >= 4 is 17.6 Å². The summed E-state index contributed by atoms with van der Waals surface area (Å²) < 4.78 is 10.9. The van der Waals surface area contributed by atoms with Gasteiger partial charge in [0.2, 0.25) is 0 Å². The summed E-state index contributed by atoms with van der Waals surface area (Å²) in [4.78, 5) is 11.9. The summed E-state index contributed by atoms with van der Waals surface area (Å²) in [6, 6.07) is 5.44. The fourth-order valence-corrected chi connectivity index (χ4v) is 2.11. The molecule has 0 heterocycles. The molecule has 1 N–H and O–H groups in total. The molecule has 1 rings (SSSR count). The van der Waals surface area contributed by atoms with Gasteiger partial charge in [0.25, 0.3) is 0 Å². The predicted molar refractivity (Wildman–Crippen MR) is 80.2 cm³/mol. The van der Waals surface area contributed by atoms with Gasteiger partial charge in [-0.2, -0.15) is 0 Å². The zero-order chi connectivity index (χ0) is 15.0. The van der Waals surface area contributed by atoms with E-state index in [9.17, 15) is 4.79 Å². The molecule has 0 fully saturated rings. The molecule has 0 bridgehead atoms. The topological polar surface area (TPSA) is 47.6 Å². The van der Waals surface area contributed by atoms with Crippen molar-refractivity contribution in [3.05, 3.63) is 28.8 Å². The first-order valence-corrected chi connectivity index (χ1v) is 7.27. The molecule has 1 atom stereocenters. The Bertz CT molecular complexity index is 437. The molecule has 20 heavy (non-hydrogen) atoms. The lowest BCUT2D eigenvalue weighted by atomic mass is 10.1.